The Balaban J connectivity index is 1.55. The van der Waals surface area contributed by atoms with E-state index < -0.39 is 0 Å². The highest BCUT2D eigenvalue weighted by atomic mass is 32.1. The van der Waals surface area contributed by atoms with Crippen LogP contribution in [0.4, 0.5) is 5.95 Å². The molecule has 4 rings (SSSR count). The second kappa shape index (κ2) is 4.78. The lowest BCUT2D eigenvalue weighted by molar-refractivity contribution is 0.340. The Bertz CT molecular complexity index is 592. The van der Waals surface area contributed by atoms with Crippen molar-refractivity contribution in [3.05, 3.63) is 5.69 Å². The summed E-state index contributed by atoms with van der Waals surface area (Å²) in [5, 5.41) is 15.0. The maximum Gasteiger partial charge on any atom is 0.245 e. The lowest BCUT2D eigenvalue weighted by atomic mass is 9.94. The van der Waals surface area contributed by atoms with Crippen LogP contribution in [0.1, 0.15) is 18.5 Å². The van der Waals surface area contributed by atoms with Gasteiger partial charge in [0.2, 0.25) is 5.95 Å². The SMILES string of the molecule is Cc1nnsc1-c1nc(N2CC3CCCNC3C2)n[nH]1. The standard InChI is InChI=1S/C12H17N7S/c1-7-10(20-18-15-7)11-14-12(17-16-11)19-5-8-3-2-4-13-9(8)6-19/h8-9,13H,2-6H2,1H3,(H,14,16,17). The number of aromatic nitrogens is 5. The summed E-state index contributed by atoms with van der Waals surface area (Å²) in [4.78, 5) is 7.86. The van der Waals surface area contributed by atoms with Crippen LogP contribution < -0.4 is 10.2 Å². The van der Waals surface area contributed by atoms with Gasteiger partial charge in [0.1, 0.15) is 4.88 Å². The molecule has 2 fully saturated rings. The number of aromatic amines is 1. The van der Waals surface area contributed by atoms with Gasteiger partial charge in [-0.15, -0.1) is 10.2 Å². The van der Waals surface area contributed by atoms with Gasteiger partial charge in [-0.25, -0.2) is 0 Å². The minimum absolute atomic E-state index is 0.595. The van der Waals surface area contributed by atoms with Crippen molar-refractivity contribution in [2.24, 2.45) is 5.92 Å². The molecule has 4 heterocycles. The molecule has 2 saturated heterocycles. The Morgan fingerprint density at radius 1 is 1.35 bits per heavy atom. The number of aryl methyl sites for hydroxylation is 1. The molecule has 2 aromatic rings. The second-order valence-electron chi connectivity index (χ2n) is 5.54. The van der Waals surface area contributed by atoms with E-state index >= 15 is 0 Å². The van der Waals surface area contributed by atoms with Gasteiger partial charge < -0.3 is 10.2 Å². The molecule has 0 bridgehead atoms. The minimum atomic E-state index is 0.595. The van der Waals surface area contributed by atoms with Gasteiger partial charge in [0.15, 0.2) is 5.82 Å². The van der Waals surface area contributed by atoms with E-state index in [-0.39, 0.29) is 0 Å². The topological polar surface area (TPSA) is 82.6 Å². The highest BCUT2D eigenvalue weighted by Crippen LogP contribution is 2.29. The summed E-state index contributed by atoms with van der Waals surface area (Å²) in [5.41, 5.74) is 0.898. The highest BCUT2D eigenvalue weighted by molar-refractivity contribution is 7.09. The summed E-state index contributed by atoms with van der Waals surface area (Å²) in [6, 6.07) is 0.595. The van der Waals surface area contributed by atoms with Crippen LogP contribution in [0.5, 0.6) is 0 Å². The maximum absolute atomic E-state index is 4.62. The number of anilines is 1. The van der Waals surface area contributed by atoms with Crippen LogP contribution in [0.2, 0.25) is 0 Å². The summed E-state index contributed by atoms with van der Waals surface area (Å²) >= 11 is 1.35. The van der Waals surface area contributed by atoms with Crippen LogP contribution in [0.3, 0.4) is 0 Å². The van der Waals surface area contributed by atoms with E-state index in [0.717, 1.165) is 47.9 Å². The van der Waals surface area contributed by atoms with Gasteiger partial charge >= 0.3 is 0 Å². The Morgan fingerprint density at radius 2 is 2.30 bits per heavy atom. The first-order valence-electron chi connectivity index (χ1n) is 7.01. The van der Waals surface area contributed by atoms with Crippen LogP contribution in [0, 0.1) is 12.8 Å². The van der Waals surface area contributed by atoms with Gasteiger partial charge in [0.05, 0.1) is 5.69 Å². The summed E-state index contributed by atoms with van der Waals surface area (Å²) in [7, 11) is 0. The van der Waals surface area contributed by atoms with Crippen molar-refractivity contribution in [2.45, 2.75) is 25.8 Å². The maximum atomic E-state index is 4.62. The molecule has 8 heteroatoms. The normalized spacial score (nSPS) is 25.9. The van der Waals surface area contributed by atoms with Gasteiger partial charge in [0, 0.05) is 19.1 Å². The first-order chi connectivity index (χ1) is 9.81. The number of nitrogens with one attached hydrogen (secondary N) is 2. The van der Waals surface area contributed by atoms with E-state index in [1.165, 1.54) is 24.4 Å². The predicted octanol–water partition coefficient (Wildman–Crippen LogP) is 0.820. The van der Waals surface area contributed by atoms with Crippen molar-refractivity contribution in [2.75, 3.05) is 24.5 Å². The molecule has 7 nitrogen and oxygen atoms in total. The van der Waals surface area contributed by atoms with Gasteiger partial charge in [-0.1, -0.05) is 4.49 Å². The second-order valence-corrected chi connectivity index (χ2v) is 6.29. The first-order valence-corrected chi connectivity index (χ1v) is 7.78. The fourth-order valence-corrected chi connectivity index (χ4v) is 3.75. The quantitative estimate of drug-likeness (QED) is 0.852. The molecular formula is C12H17N7S. The molecule has 2 aliphatic heterocycles. The average molecular weight is 291 g/mol. The fourth-order valence-electron chi connectivity index (χ4n) is 3.15. The lowest BCUT2D eigenvalue weighted by Crippen LogP contribution is -2.40. The van der Waals surface area contributed by atoms with E-state index in [2.05, 4.69) is 35.0 Å². The molecule has 0 aromatic carbocycles. The summed E-state index contributed by atoms with van der Waals surface area (Å²) in [6.45, 7) is 5.13. The van der Waals surface area contributed by atoms with E-state index in [1.54, 1.807) is 0 Å². The van der Waals surface area contributed by atoms with Crippen molar-refractivity contribution in [3.63, 3.8) is 0 Å². The molecule has 20 heavy (non-hydrogen) atoms. The molecule has 2 N–H and O–H groups in total. The van der Waals surface area contributed by atoms with Crippen molar-refractivity contribution in [1.82, 2.24) is 30.1 Å². The summed E-state index contributed by atoms with van der Waals surface area (Å²) in [5.74, 6) is 2.30. The first kappa shape index (κ1) is 12.2. The summed E-state index contributed by atoms with van der Waals surface area (Å²) < 4.78 is 3.94. The number of rotatable bonds is 2. The van der Waals surface area contributed by atoms with Crippen molar-refractivity contribution < 1.29 is 0 Å². The lowest BCUT2D eigenvalue weighted by Gasteiger charge is -2.24. The van der Waals surface area contributed by atoms with Crippen LogP contribution >= 0.6 is 11.5 Å². The van der Waals surface area contributed by atoms with Gasteiger partial charge in [0.25, 0.3) is 0 Å². The Hall–Kier alpha value is -1.54. The Morgan fingerprint density at radius 3 is 3.10 bits per heavy atom. The number of nitrogens with zero attached hydrogens (tertiary/aromatic N) is 5. The zero-order valence-corrected chi connectivity index (χ0v) is 12.2. The monoisotopic (exact) mass is 291 g/mol. The van der Waals surface area contributed by atoms with E-state index in [4.69, 9.17) is 0 Å². The average Bonchev–Trinajstić information content (AvgIpc) is 3.15. The van der Waals surface area contributed by atoms with E-state index in [1.807, 2.05) is 6.92 Å². The zero-order valence-electron chi connectivity index (χ0n) is 11.3. The number of hydrogen-bond donors (Lipinski definition) is 2. The molecule has 0 saturated carbocycles. The van der Waals surface area contributed by atoms with Gasteiger partial charge in [-0.3, -0.25) is 5.10 Å². The van der Waals surface area contributed by atoms with Gasteiger partial charge in [-0.05, 0) is 43.8 Å². The molecule has 0 aliphatic carbocycles. The van der Waals surface area contributed by atoms with Gasteiger partial charge in [-0.2, -0.15) is 4.98 Å². The van der Waals surface area contributed by atoms with Crippen LogP contribution in [-0.2, 0) is 0 Å². The molecule has 2 aromatic heterocycles. The molecule has 106 valence electrons. The van der Waals surface area contributed by atoms with Crippen LogP contribution in [-0.4, -0.2) is 50.4 Å². The number of fused-ring (bicyclic) bond motifs is 1. The molecule has 0 radical (unpaired) electrons. The smallest absolute Gasteiger partial charge is 0.245 e. The number of piperidine rings is 1. The largest absolute Gasteiger partial charge is 0.338 e. The third kappa shape index (κ3) is 1.99. The molecule has 2 atom stereocenters. The molecule has 2 aliphatic rings. The van der Waals surface area contributed by atoms with Crippen molar-refractivity contribution >= 4 is 17.5 Å². The minimum Gasteiger partial charge on any atom is -0.338 e. The highest BCUT2D eigenvalue weighted by Gasteiger charge is 2.35. The van der Waals surface area contributed by atoms with E-state index in [0.29, 0.717) is 6.04 Å². The summed E-state index contributed by atoms with van der Waals surface area (Å²) in [6.07, 6.45) is 2.59. The molecule has 2 unspecified atom stereocenters. The van der Waals surface area contributed by atoms with Crippen LogP contribution in [0.25, 0.3) is 10.7 Å². The van der Waals surface area contributed by atoms with Crippen LogP contribution in [0.15, 0.2) is 0 Å². The van der Waals surface area contributed by atoms with Crippen molar-refractivity contribution in [3.8, 4) is 10.7 Å². The molecular weight excluding hydrogens is 274 g/mol. The Labute approximate surface area is 121 Å². The number of H-pyrrole nitrogens is 1. The zero-order chi connectivity index (χ0) is 13.5. The Kier molecular flexibility index (Phi) is 2.92. The third-order valence-electron chi connectivity index (χ3n) is 4.22. The van der Waals surface area contributed by atoms with E-state index in [9.17, 15) is 0 Å². The predicted molar refractivity (Wildman–Crippen MR) is 76.8 cm³/mol. The molecule has 0 spiro atoms. The third-order valence-corrected chi connectivity index (χ3v) is 5.06. The number of hydrogen-bond acceptors (Lipinski definition) is 7. The molecule has 0 amide bonds. The fraction of sp³-hybridized carbons (Fsp3) is 0.667. The van der Waals surface area contributed by atoms with Crippen molar-refractivity contribution in [1.29, 1.82) is 0 Å².